The average Bonchev–Trinajstić information content (AvgIpc) is 2.42. The van der Waals surface area contributed by atoms with Gasteiger partial charge in [0.05, 0.1) is 26.6 Å². The van der Waals surface area contributed by atoms with Crippen molar-refractivity contribution in [2.24, 2.45) is 0 Å². The van der Waals surface area contributed by atoms with Crippen molar-refractivity contribution in [1.82, 2.24) is 5.32 Å². The van der Waals surface area contributed by atoms with Crippen LogP contribution in [0.4, 0.5) is 5.69 Å². The van der Waals surface area contributed by atoms with Crippen LogP contribution < -0.4 is 20.7 Å². The van der Waals surface area contributed by atoms with Crippen LogP contribution in [0.15, 0.2) is 24.3 Å². The van der Waals surface area contributed by atoms with Gasteiger partial charge < -0.3 is 20.7 Å². The van der Waals surface area contributed by atoms with Crippen LogP contribution in [0, 0.1) is 0 Å². The van der Waals surface area contributed by atoms with Gasteiger partial charge in [-0.1, -0.05) is 0 Å². The van der Waals surface area contributed by atoms with Crippen molar-refractivity contribution in [3.8, 4) is 5.75 Å². The third kappa shape index (κ3) is 3.69. The zero-order chi connectivity index (χ0) is 13.7. The number of hydrogen-bond acceptors (Lipinski definition) is 3. The zero-order valence-electron chi connectivity index (χ0n) is 10.8. The molecule has 6 nitrogen and oxygen atoms in total. The van der Waals surface area contributed by atoms with Gasteiger partial charge in [0.2, 0.25) is 5.91 Å². The highest BCUT2D eigenvalue weighted by atomic mass is 16.5. The van der Waals surface area contributed by atoms with Gasteiger partial charge in [-0.2, -0.15) is 0 Å². The SMILES string of the molecule is COc1ccc(NC(=O)C[C@@H]2[NH2+]CCNC2=O)cc1. The smallest absolute Gasteiger partial charge is 0.278 e. The molecule has 1 heterocycles. The van der Waals surface area contributed by atoms with Crippen LogP contribution in [0.2, 0.25) is 0 Å². The highest BCUT2D eigenvalue weighted by Gasteiger charge is 2.27. The summed E-state index contributed by atoms with van der Waals surface area (Å²) in [4.78, 5) is 23.4. The van der Waals surface area contributed by atoms with Crippen molar-refractivity contribution in [3.05, 3.63) is 24.3 Å². The predicted octanol–water partition coefficient (Wildman–Crippen LogP) is -0.914. The molecule has 1 aliphatic heterocycles. The molecule has 0 unspecified atom stereocenters. The minimum absolute atomic E-state index is 0.0730. The fourth-order valence-corrected chi connectivity index (χ4v) is 1.98. The standard InChI is InChI=1S/C13H17N3O3/c1-19-10-4-2-9(3-5-10)16-12(17)8-11-13(18)15-7-6-14-11/h2-5,11,14H,6-8H2,1H3,(H,15,18)(H,16,17)/p+1/t11-/m0/s1. The van der Waals surface area contributed by atoms with E-state index in [9.17, 15) is 9.59 Å². The molecule has 102 valence electrons. The van der Waals surface area contributed by atoms with Gasteiger partial charge >= 0.3 is 0 Å². The van der Waals surface area contributed by atoms with Crippen molar-refractivity contribution in [1.29, 1.82) is 0 Å². The Morgan fingerprint density at radius 2 is 2.21 bits per heavy atom. The third-order valence-electron chi connectivity index (χ3n) is 3.01. The molecule has 0 saturated carbocycles. The fraction of sp³-hybridized carbons (Fsp3) is 0.385. The number of ether oxygens (including phenoxy) is 1. The number of methoxy groups -OCH3 is 1. The second-order valence-corrected chi connectivity index (χ2v) is 4.40. The lowest BCUT2D eigenvalue weighted by molar-refractivity contribution is -0.678. The highest BCUT2D eigenvalue weighted by Crippen LogP contribution is 2.15. The van der Waals surface area contributed by atoms with Crippen LogP contribution >= 0.6 is 0 Å². The molecule has 0 bridgehead atoms. The van der Waals surface area contributed by atoms with Crippen LogP contribution in [0.1, 0.15) is 6.42 Å². The van der Waals surface area contributed by atoms with E-state index in [2.05, 4.69) is 10.6 Å². The van der Waals surface area contributed by atoms with E-state index in [0.29, 0.717) is 12.2 Å². The molecule has 0 aliphatic carbocycles. The predicted molar refractivity (Wildman–Crippen MR) is 69.8 cm³/mol. The normalized spacial score (nSPS) is 18.6. The highest BCUT2D eigenvalue weighted by molar-refractivity contribution is 5.94. The topological polar surface area (TPSA) is 84.0 Å². The molecule has 2 rings (SSSR count). The summed E-state index contributed by atoms with van der Waals surface area (Å²) in [5.74, 6) is 0.498. The fourth-order valence-electron chi connectivity index (χ4n) is 1.98. The van der Waals surface area contributed by atoms with Crippen LogP contribution in [0.3, 0.4) is 0 Å². The number of carbonyl (C=O) groups is 2. The monoisotopic (exact) mass is 264 g/mol. The number of amides is 2. The Labute approximate surface area is 111 Å². The summed E-state index contributed by atoms with van der Waals surface area (Å²) >= 11 is 0. The minimum atomic E-state index is -0.327. The Hall–Kier alpha value is -2.08. The summed E-state index contributed by atoms with van der Waals surface area (Å²) in [5, 5.41) is 7.41. The maximum absolute atomic E-state index is 11.8. The van der Waals surface area contributed by atoms with E-state index in [0.717, 1.165) is 12.3 Å². The van der Waals surface area contributed by atoms with E-state index in [4.69, 9.17) is 4.74 Å². The Balaban J connectivity index is 1.87. The lowest BCUT2D eigenvalue weighted by Gasteiger charge is -2.19. The van der Waals surface area contributed by atoms with Gasteiger partial charge in [-0.05, 0) is 24.3 Å². The van der Waals surface area contributed by atoms with Crippen LogP contribution in [0.5, 0.6) is 5.75 Å². The van der Waals surface area contributed by atoms with Gasteiger partial charge in [0.1, 0.15) is 5.75 Å². The van der Waals surface area contributed by atoms with Crippen LogP contribution in [-0.2, 0) is 9.59 Å². The summed E-state index contributed by atoms with van der Waals surface area (Å²) < 4.78 is 5.04. The van der Waals surface area contributed by atoms with E-state index in [1.807, 2.05) is 5.32 Å². The van der Waals surface area contributed by atoms with Crippen molar-refractivity contribution in [2.45, 2.75) is 12.5 Å². The molecular formula is C13H18N3O3+. The Bertz CT molecular complexity index is 459. The Kier molecular flexibility index (Phi) is 4.35. The van der Waals surface area contributed by atoms with Crippen LogP contribution in [-0.4, -0.2) is 38.1 Å². The summed E-state index contributed by atoms with van der Waals surface area (Å²) in [7, 11) is 1.59. The lowest BCUT2D eigenvalue weighted by atomic mass is 10.1. The first-order valence-electron chi connectivity index (χ1n) is 6.24. The molecule has 0 spiro atoms. The van der Waals surface area contributed by atoms with E-state index in [-0.39, 0.29) is 24.3 Å². The van der Waals surface area contributed by atoms with Crippen LogP contribution in [0.25, 0.3) is 0 Å². The lowest BCUT2D eigenvalue weighted by Crippen LogP contribution is -2.96. The third-order valence-corrected chi connectivity index (χ3v) is 3.01. The van der Waals surface area contributed by atoms with Gasteiger partial charge in [0, 0.05) is 5.69 Å². The Morgan fingerprint density at radius 1 is 1.47 bits per heavy atom. The van der Waals surface area contributed by atoms with E-state index < -0.39 is 0 Å². The first kappa shape index (κ1) is 13.4. The number of benzene rings is 1. The summed E-state index contributed by atoms with van der Waals surface area (Å²) in [5.41, 5.74) is 0.696. The molecule has 1 saturated heterocycles. The van der Waals surface area contributed by atoms with Crippen molar-refractivity contribution < 1.29 is 19.6 Å². The molecule has 4 N–H and O–H groups in total. The van der Waals surface area contributed by atoms with Gasteiger partial charge in [-0.25, -0.2) is 0 Å². The molecule has 1 aliphatic rings. The van der Waals surface area contributed by atoms with E-state index in [1.54, 1.807) is 31.4 Å². The molecular weight excluding hydrogens is 246 g/mol. The number of anilines is 1. The van der Waals surface area contributed by atoms with Gasteiger partial charge in [0.15, 0.2) is 6.04 Å². The average molecular weight is 264 g/mol. The molecule has 1 atom stereocenters. The zero-order valence-corrected chi connectivity index (χ0v) is 10.8. The number of rotatable bonds is 4. The van der Waals surface area contributed by atoms with Gasteiger partial charge in [-0.3, -0.25) is 9.59 Å². The van der Waals surface area contributed by atoms with E-state index in [1.165, 1.54) is 0 Å². The number of quaternary nitrogens is 1. The van der Waals surface area contributed by atoms with Crippen molar-refractivity contribution >= 4 is 17.5 Å². The second kappa shape index (κ2) is 6.19. The molecule has 0 aromatic heterocycles. The molecule has 2 amide bonds. The molecule has 19 heavy (non-hydrogen) atoms. The van der Waals surface area contributed by atoms with Crippen molar-refractivity contribution in [2.75, 3.05) is 25.5 Å². The number of carbonyl (C=O) groups excluding carboxylic acids is 2. The molecule has 1 aromatic carbocycles. The molecule has 1 fully saturated rings. The van der Waals surface area contributed by atoms with Gasteiger partial charge in [0.25, 0.3) is 5.91 Å². The number of hydrogen-bond donors (Lipinski definition) is 3. The van der Waals surface area contributed by atoms with E-state index >= 15 is 0 Å². The van der Waals surface area contributed by atoms with Crippen molar-refractivity contribution in [3.63, 3.8) is 0 Å². The summed E-state index contributed by atoms with van der Waals surface area (Å²) in [6, 6.07) is 6.75. The minimum Gasteiger partial charge on any atom is -0.497 e. The summed E-state index contributed by atoms with van der Waals surface area (Å²) in [6.45, 7) is 1.47. The maximum atomic E-state index is 11.8. The molecule has 6 heteroatoms. The summed E-state index contributed by atoms with van der Waals surface area (Å²) in [6.07, 6.45) is 0.178. The maximum Gasteiger partial charge on any atom is 0.278 e. The molecule has 1 aromatic rings. The van der Waals surface area contributed by atoms with Gasteiger partial charge in [-0.15, -0.1) is 0 Å². The number of nitrogens with two attached hydrogens (primary N) is 1. The number of nitrogens with one attached hydrogen (secondary N) is 2. The quantitative estimate of drug-likeness (QED) is 0.658. The number of piperazine rings is 1. The first-order chi connectivity index (χ1) is 9.19. The first-order valence-corrected chi connectivity index (χ1v) is 6.24. The second-order valence-electron chi connectivity index (χ2n) is 4.40. The largest absolute Gasteiger partial charge is 0.497 e. The molecule has 0 radical (unpaired) electrons. The Morgan fingerprint density at radius 3 is 2.84 bits per heavy atom.